The van der Waals surface area contributed by atoms with Crippen molar-refractivity contribution in [2.45, 2.75) is 13.3 Å². The van der Waals surface area contributed by atoms with Crippen LogP contribution in [0.25, 0.3) is 0 Å². The predicted molar refractivity (Wildman–Crippen MR) is 69.3 cm³/mol. The summed E-state index contributed by atoms with van der Waals surface area (Å²) in [6.45, 7) is 2.00. The molecule has 1 N–H and O–H groups in total. The highest BCUT2D eigenvalue weighted by atomic mass is 35.5. The lowest BCUT2D eigenvalue weighted by Crippen LogP contribution is -2.07. The molecule has 9 heteroatoms. The molecule has 0 saturated heterocycles. The van der Waals surface area contributed by atoms with E-state index in [9.17, 15) is 14.5 Å². The molecule has 20 heavy (non-hydrogen) atoms. The fourth-order valence-corrected chi connectivity index (χ4v) is 1.74. The van der Waals surface area contributed by atoms with Gasteiger partial charge in [-0.15, -0.1) is 0 Å². The Morgan fingerprint density at radius 3 is 2.90 bits per heavy atom. The third-order valence-electron chi connectivity index (χ3n) is 2.46. The quantitative estimate of drug-likeness (QED) is 0.674. The molecular weight excluding hydrogens is 291 g/mol. The molecule has 1 aromatic carbocycles. The first-order valence-corrected chi connectivity index (χ1v) is 6.01. The Kier molecular flexibility index (Phi) is 4.14. The molecule has 106 valence electrons. The molecule has 2 aromatic rings. The van der Waals surface area contributed by atoms with Crippen molar-refractivity contribution < 1.29 is 13.8 Å². The van der Waals surface area contributed by atoms with Gasteiger partial charge >= 0.3 is 0 Å². The molecule has 2 rings (SSSR count). The Hall–Kier alpha value is -2.22. The van der Waals surface area contributed by atoms with Gasteiger partial charge in [0.2, 0.25) is 5.89 Å². The van der Waals surface area contributed by atoms with Gasteiger partial charge in [-0.3, -0.25) is 10.1 Å². The van der Waals surface area contributed by atoms with Gasteiger partial charge in [-0.25, -0.2) is 4.39 Å². The van der Waals surface area contributed by atoms with Gasteiger partial charge in [0.05, 0.1) is 16.0 Å². The van der Waals surface area contributed by atoms with Crippen LogP contribution < -0.4 is 5.32 Å². The number of halogens is 2. The molecule has 0 fully saturated rings. The second-order valence-electron chi connectivity index (χ2n) is 3.95. The number of hydrogen-bond donors (Lipinski definition) is 1. The molecule has 0 bridgehead atoms. The SMILES string of the molecule is Cc1noc(CCNc2cc(Cl)c(F)cc2[N+](=O)[O-])n1. The summed E-state index contributed by atoms with van der Waals surface area (Å²) in [7, 11) is 0. The Bertz CT molecular complexity index is 647. The lowest BCUT2D eigenvalue weighted by molar-refractivity contribution is -0.384. The summed E-state index contributed by atoms with van der Waals surface area (Å²) >= 11 is 5.61. The fourth-order valence-electron chi connectivity index (χ4n) is 1.57. The number of nitrogens with one attached hydrogen (secondary N) is 1. The van der Waals surface area contributed by atoms with E-state index in [-0.39, 0.29) is 16.4 Å². The number of benzene rings is 1. The maximum atomic E-state index is 13.2. The molecule has 0 saturated carbocycles. The van der Waals surface area contributed by atoms with E-state index in [4.69, 9.17) is 16.1 Å². The van der Waals surface area contributed by atoms with Crippen molar-refractivity contribution in [2.24, 2.45) is 0 Å². The minimum atomic E-state index is -0.837. The zero-order valence-electron chi connectivity index (χ0n) is 10.4. The van der Waals surface area contributed by atoms with E-state index in [2.05, 4.69) is 15.5 Å². The molecule has 1 aromatic heterocycles. The van der Waals surface area contributed by atoms with Crippen LogP contribution >= 0.6 is 11.6 Å². The monoisotopic (exact) mass is 300 g/mol. The van der Waals surface area contributed by atoms with E-state index in [1.165, 1.54) is 6.07 Å². The molecule has 0 aliphatic carbocycles. The second-order valence-corrected chi connectivity index (χ2v) is 4.36. The van der Waals surface area contributed by atoms with Crippen molar-refractivity contribution in [3.05, 3.63) is 44.8 Å². The van der Waals surface area contributed by atoms with Crippen LogP contribution in [0.3, 0.4) is 0 Å². The largest absolute Gasteiger partial charge is 0.379 e. The number of hydrogen-bond acceptors (Lipinski definition) is 6. The van der Waals surface area contributed by atoms with Crippen LogP contribution in [0, 0.1) is 22.9 Å². The molecule has 1 heterocycles. The minimum absolute atomic E-state index is 0.137. The number of rotatable bonds is 5. The number of aryl methyl sites for hydroxylation is 1. The smallest absolute Gasteiger partial charge is 0.295 e. The Balaban J connectivity index is 2.08. The van der Waals surface area contributed by atoms with E-state index in [0.29, 0.717) is 24.7 Å². The molecular formula is C11H10ClFN4O3. The van der Waals surface area contributed by atoms with Gasteiger partial charge in [-0.2, -0.15) is 4.98 Å². The maximum Gasteiger partial charge on any atom is 0.295 e. The number of anilines is 1. The molecule has 0 atom stereocenters. The van der Waals surface area contributed by atoms with Crippen LogP contribution in [0.4, 0.5) is 15.8 Å². The molecule has 0 amide bonds. The average Bonchev–Trinajstić information content (AvgIpc) is 2.79. The lowest BCUT2D eigenvalue weighted by atomic mass is 10.2. The van der Waals surface area contributed by atoms with E-state index in [1.807, 2.05) is 0 Å². The van der Waals surface area contributed by atoms with Crippen molar-refractivity contribution in [1.29, 1.82) is 0 Å². The first-order valence-electron chi connectivity index (χ1n) is 5.64. The van der Waals surface area contributed by atoms with Gasteiger partial charge in [-0.05, 0) is 13.0 Å². The van der Waals surface area contributed by atoms with Crippen LogP contribution in [0.2, 0.25) is 5.02 Å². The minimum Gasteiger partial charge on any atom is -0.379 e. The summed E-state index contributed by atoms with van der Waals surface area (Å²) in [5.74, 6) is 0.0816. The summed E-state index contributed by atoms with van der Waals surface area (Å²) in [4.78, 5) is 14.1. The van der Waals surface area contributed by atoms with Crippen LogP contribution in [-0.4, -0.2) is 21.6 Å². The summed E-state index contributed by atoms with van der Waals surface area (Å²) < 4.78 is 18.1. The molecule has 0 aliphatic heterocycles. The van der Waals surface area contributed by atoms with Crippen LogP contribution in [0.1, 0.15) is 11.7 Å². The normalized spacial score (nSPS) is 10.6. The third kappa shape index (κ3) is 3.21. The van der Waals surface area contributed by atoms with Gasteiger partial charge in [0.1, 0.15) is 11.5 Å². The number of aromatic nitrogens is 2. The van der Waals surface area contributed by atoms with Gasteiger partial charge < -0.3 is 9.84 Å². The van der Waals surface area contributed by atoms with Gasteiger partial charge in [0, 0.05) is 13.0 Å². The number of nitro groups is 1. The van der Waals surface area contributed by atoms with Gasteiger partial charge in [-0.1, -0.05) is 16.8 Å². The molecule has 0 spiro atoms. The average molecular weight is 301 g/mol. The third-order valence-corrected chi connectivity index (χ3v) is 2.75. The van der Waals surface area contributed by atoms with Crippen molar-refractivity contribution in [2.75, 3.05) is 11.9 Å². The predicted octanol–water partition coefficient (Wildman–Crippen LogP) is 2.73. The zero-order chi connectivity index (χ0) is 14.7. The highest BCUT2D eigenvalue weighted by molar-refractivity contribution is 6.31. The summed E-state index contributed by atoms with van der Waals surface area (Å²) in [5, 5.41) is 17.1. The van der Waals surface area contributed by atoms with Crippen LogP contribution in [0.15, 0.2) is 16.7 Å². The van der Waals surface area contributed by atoms with Gasteiger partial charge in [0.15, 0.2) is 5.82 Å². The summed E-state index contributed by atoms with van der Waals surface area (Å²) in [6, 6.07) is 1.95. The molecule has 0 radical (unpaired) electrons. The second kappa shape index (κ2) is 5.83. The van der Waals surface area contributed by atoms with E-state index < -0.39 is 10.7 Å². The van der Waals surface area contributed by atoms with Crippen LogP contribution in [-0.2, 0) is 6.42 Å². The van der Waals surface area contributed by atoms with E-state index in [1.54, 1.807) is 6.92 Å². The first-order chi connectivity index (χ1) is 9.47. The van der Waals surface area contributed by atoms with Crippen molar-refractivity contribution in [1.82, 2.24) is 10.1 Å². The number of nitro benzene ring substituents is 1. The fraction of sp³-hybridized carbons (Fsp3) is 0.273. The number of nitrogens with zero attached hydrogens (tertiary/aromatic N) is 3. The maximum absolute atomic E-state index is 13.2. The van der Waals surface area contributed by atoms with E-state index in [0.717, 1.165) is 6.07 Å². The Morgan fingerprint density at radius 1 is 1.55 bits per heavy atom. The van der Waals surface area contributed by atoms with Gasteiger partial charge in [0.25, 0.3) is 5.69 Å². The topological polar surface area (TPSA) is 94.1 Å². The van der Waals surface area contributed by atoms with E-state index >= 15 is 0 Å². The zero-order valence-corrected chi connectivity index (χ0v) is 11.1. The van der Waals surface area contributed by atoms with Crippen molar-refractivity contribution in [3.8, 4) is 0 Å². The molecule has 0 unspecified atom stereocenters. The Morgan fingerprint density at radius 2 is 2.30 bits per heavy atom. The first kappa shape index (κ1) is 14.2. The summed E-state index contributed by atoms with van der Waals surface area (Å²) in [5.41, 5.74) is -0.244. The summed E-state index contributed by atoms with van der Waals surface area (Å²) in [6.07, 6.45) is 0.382. The van der Waals surface area contributed by atoms with Crippen LogP contribution in [0.5, 0.6) is 0 Å². The standard InChI is InChI=1S/C11H10ClFN4O3/c1-6-15-11(20-16-6)2-3-14-9-4-7(12)8(13)5-10(9)17(18)19/h4-5,14H,2-3H2,1H3. The highest BCUT2D eigenvalue weighted by Crippen LogP contribution is 2.30. The highest BCUT2D eigenvalue weighted by Gasteiger charge is 2.17. The molecule has 7 nitrogen and oxygen atoms in total. The van der Waals surface area contributed by atoms with Crippen molar-refractivity contribution in [3.63, 3.8) is 0 Å². The lowest BCUT2D eigenvalue weighted by Gasteiger charge is -2.06. The van der Waals surface area contributed by atoms with Crippen molar-refractivity contribution >= 4 is 23.0 Å². The molecule has 0 aliphatic rings. The Labute approximate surface area is 117 Å².